The first-order valence-electron chi connectivity index (χ1n) is 10.4. The van der Waals surface area contributed by atoms with Crippen molar-refractivity contribution in [1.29, 1.82) is 0 Å². The monoisotopic (exact) mass is 438 g/mol. The van der Waals surface area contributed by atoms with Crippen molar-refractivity contribution >= 4 is 39.6 Å². The second-order valence-electron chi connectivity index (χ2n) is 7.72. The third kappa shape index (κ3) is 3.85. The number of anilines is 1. The predicted octanol–water partition coefficient (Wildman–Crippen LogP) is 5.90. The van der Waals surface area contributed by atoms with Gasteiger partial charge >= 0.3 is 0 Å². The molecule has 1 N–H and O–H groups in total. The highest BCUT2D eigenvalue weighted by Crippen LogP contribution is 2.31. The maximum Gasteiger partial charge on any atom is 0.234 e. The average molecular weight is 439 g/mol. The average Bonchev–Trinajstić information content (AvgIpc) is 3.24. The predicted molar refractivity (Wildman–Crippen MR) is 131 cm³/mol. The molecule has 0 spiro atoms. The number of nitrogens with zero attached hydrogens (tertiary/aromatic N) is 3. The van der Waals surface area contributed by atoms with Gasteiger partial charge in [-0.05, 0) is 41.8 Å². The van der Waals surface area contributed by atoms with Crippen LogP contribution in [0.15, 0.2) is 84.1 Å². The summed E-state index contributed by atoms with van der Waals surface area (Å²) in [6.07, 6.45) is 3.56. The Labute approximate surface area is 190 Å². The van der Waals surface area contributed by atoms with E-state index < -0.39 is 0 Å². The molecule has 0 aliphatic heterocycles. The van der Waals surface area contributed by atoms with Gasteiger partial charge in [-0.2, -0.15) is 5.10 Å². The summed E-state index contributed by atoms with van der Waals surface area (Å²) in [6.45, 7) is 4.00. The smallest absolute Gasteiger partial charge is 0.234 e. The highest BCUT2D eigenvalue weighted by Gasteiger charge is 2.14. The van der Waals surface area contributed by atoms with E-state index in [0.29, 0.717) is 0 Å². The first-order chi connectivity index (χ1) is 15.6. The van der Waals surface area contributed by atoms with Gasteiger partial charge in [-0.15, -0.1) is 0 Å². The van der Waals surface area contributed by atoms with Crippen LogP contribution in [0.25, 0.3) is 27.5 Å². The van der Waals surface area contributed by atoms with Gasteiger partial charge in [0.2, 0.25) is 5.91 Å². The van der Waals surface area contributed by atoms with Crippen LogP contribution in [0.2, 0.25) is 0 Å². The number of fused-ring (bicyclic) bond motifs is 2. The molecule has 2 aromatic heterocycles. The molecule has 5 nitrogen and oxygen atoms in total. The molecule has 0 bridgehead atoms. The fourth-order valence-electron chi connectivity index (χ4n) is 3.91. The molecule has 0 aliphatic rings. The molecule has 5 aromatic rings. The first kappa shape index (κ1) is 20.3. The summed E-state index contributed by atoms with van der Waals surface area (Å²) in [6, 6.07) is 22.6. The number of para-hydroxylation sites is 1. The van der Waals surface area contributed by atoms with E-state index in [0.717, 1.165) is 44.0 Å². The minimum Gasteiger partial charge on any atom is -0.325 e. The summed E-state index contributed by atoms with van der Waals surface area (Å²) < 4.78 is 1.83. The van der Waals surface area contributed by atoms with Crippen molar-refractivity contribution in [2.24, 2.45) is 0 Å². The zero-order valence-corrected chi connectivity index (χ0v) is 18.7. The van der Waals surface area contributed by atoms with Crippen LogP contribution in [-0.2, 0) is 4.79 Å². The second-order valence-corrected chi connectivity index (χ2v) is 8.69. The van der Waals surface area contributed by atoms with Crippen LogP contribution in [0.4, 0.5) is 5.69 Å². The van der Waals surface area contributed by atoms with Crippen LogP contribution in [0.1, 0.15) is 11.1 Å². The molecule has 0 saturated carbocycles. The van der Waals surface area contributed by atoms with E-state index in [2.05, 4.69) is 34.6 Å². The van der Waals surface area contributed by atoms with Crippen LogP contribution < -0.4 is 5.32 Å². The van der Waals surface area contributed by atoms with E-state index in [1.807, 2.05) is 67.0 Å². The van der Waals surface area contributed by atoms with E-state index in [9.17, 15) is 4.79 Å². The maximum absolute atomic E-state index is 12.6. The highest BCUT2D eigenvalue weighted by molar-refractivity contribution is 8.00. The lowest BCUT2D eigenvalue weighted by atomic mass is 10.0. The van der Waals surface area contributed by atoms with E-state index in [-0.39, 0.29) is 11.7 Å². The number of hydrogen-bond donors (Lipinski definition) is 1. The van der Waals surface area contributed by atoms with Crippen LogP contribution in [0.5, 0.6) is 0 Å². The molecule has 0 unspecified atom stereocenters. The van der Waals surface area contributed by atoms with Crippen molar-refractivity contribution in [1.82, 2.24) is 14.6 Å². The summed E-state index contributed by atoms with van der Waals surface area (Å²) >= 11 is 1.42. The summed E-state index contributed by atoms with van der Waals surface area (Å²) in [5, 5.41) is 10.9. The topological polar surface area (TPSA) is 59.3 Å². The number of aromatic nitrogens is 3. The normalized spacial score (nSPS) is 11.2. The van der Waals surface area contributed by atoms with E-state index in [1.54, 1.807) is 6.20 Å². The lowest BCUT2D eigenvalue weighted by Crippen LogP contribution is -2.15. The molecule has 0 saturated heterocycles. The Morgan fingerprint density at radius 1 is 1.00 bits per heavy atom. The molecule has 0 atom stereocenters. The minimum absolute atomic E-state index is 0.0509. The summed E-state index contributed by atoms with van der Waals surface area (Å²) in [5.74, 6) is 0.222. The summed E-state index contributed by atoms with van der Waals surface area (Å²) in [5.41, 5.74) is 5.84. The molecular weight excluding hydrogens is 416 g/mol. The zero-order valence-electron chi connectivity index (χ0n) is 17.9. The highest BCUT2D eigenvalue weighted by atomic mass is 32.2. The number of aryl methyl sites for hydroxylation is 2. The van der Waals surface area contributed by atoms with Crippen molar-refractivity contribution in [2.75, 3.05) is 11.1 Å². The van der Waals surface area contributed by atoms with Crippen molar-refractivity contribution in [3.8, 4) is 11.3 Å². The third-order valence-corrected chi connectivity index (χ3v) is 6.50. The molecule has 1 amide bonds. The van der Waals surface area contributed by atoms with E-state index in [4.69, 9.17) is 5.10 Å². The lowest BCUT2D eigenvalue weighted by molar-refractivity contribution is -0.113. The molecule has 0 aliphatic carbocycles. The zero-order chi connectivity index (χ0) is 22.1. The van der Waals surface area contributed by atoms with Gasteiger partial charge in [-0.3, -0.25) is 4.79 Å². The quantitative estimate of drug-likeness (QED) is 0.347. The molecule has 6 heteroatoms. The van der Waals surface area contributed by atoms with Gasteiger partial charge in [-0.25, -0.2) is 9.50 Å². The van der Waals surface area contributed by atoms with Crippen LogP contribution in [-0.4, -0.2) is 26.3 Å². The fourth-order valence-corrected chi connectivity index (χ4v) is 4.69. The van der Waals surface area contributed by atoms with Gasteiger partial charge in [0.15, 0.2) is 0 Å². The molecule has 32 heavy (non-hydrogen) atoms. The molecular formula is C26H22N4OS. The van der Waals surface area contributed by atoms with Gasteiger partial charge in [0.05, 0.1) is 17.0 Å². The third-order valence-electron chi connectivity index (χ3n) is 5.51. The first-order valence-corrected chi connectivity index (χ1v) is 11.4. The molecule has 2 heterocycles. The molecule has 158 valence electrons. The van der Waals surface area contributed by atoms with Gasteiger partial charge in [0.25, 0.3) is 0 Å². The maximum atomic E-state index is 12.6. The number of rotatable bonds is 5. The molecule has 0 fully saturated rings. The Balaban J connectivity index is 1.41. The standard InChI is InChI=1S/C26H22N4OS/c1-17-7-5-8-18(2)25(17)28-24(31)16-32-26-23-15-22(29-30(23)14-13-27-26)21-12-6-10-19-9-3-4-11-20(19)21/h3-15H,16H2,1-2H3,(H,28,31). The van der Waals surface area contributed by atoms with Crippen LogP contribution in [0, 0.1) is 13.8 Å². The van der Waals surface area contributed by atoms with Gasteiger partial charge in [0, 0.05) is 23.6 Å². The van der Waals surface area contributed by atoms with E-state index in [1.165, 1.54) is 17.1 Å². The van der Waals surface area contributed by atoms with Crippen molar-refractivity contribution in [3.05, 3.63) is 90.3 Å². The Morgan fingerprint density at radius 2 is 1.75 bits per heavy atom. The Kier molecular flexibility index (Phi) is 5.37. The molecule has 0 radical (unpaired) electrons. The number of hydrogen-bond acceptors (Lipinski definition) is 4. The van der Waals surface area contributed by atoms with Crippen molar-refractivity contribution in [3.63, 3.8) is 0 Å². The number of carbonyl (C=O) groups is 1. The Hall–Kier alpha value is -3.64. The van der Waals surface area contributed by atoms with Crippen LogP contribution >= 0.6 is 11.8 Å². The van der Waals surface area contributed by atoms with Crippen LogP contribution in [0.3, 0.4) is 0 Å². The number of thioether (sulfide) groups is 1. The van der Waals surface area contributed by atoms with Crippen molar-refractivity contribution in [2.45, 2.75) is 18.9 Å². The Bertz CT molecular complexity index is 1430. The lowest BCUT2D eigenvalue weighted by Gasteiger charge is -2.11. The summed E-state index contributed by atoms with van der Waals surface area (Å²) in [4.78, 5) is 17.1. The largest absolute Gasteiger partial charge is 0.325 e. The van der Waals surface area contributed by atoms with Gasteiger partial charge in [-0.1, -0.05) is 72.4 Å². The molecule has 3 aromatic carbocycles. The van der Waals surface area contributed by atoms with Gasteiger partial charge in [0.1, 0.15) is 5.03 Å². The summed E-state index contributed by atoms with van der Waals surface area (Å²) in [7, 11) is 0. The van der Waals surface area contributed by atoms with E-state index >= 15 is 0 Å². The second kappa shape index (κ2) is 8.48. The number of nitrogens with one attached hydrogen (secondary N) is 1. The molecule has 5 rings (SSSR count). The number of amides is 1. The van der Waals surface area contributed by atoms with Gasteiger partial charge < -0.3 is 5.32 Å². The fraction of sp³-hybridized carbons (Fsp3) is 0.115. The minimum atomic E-state index is -0.0509. The SMILES string of the molecule is Cc1cccc(C)c1NC(=O)CSc1nccn2nc(-c3cccc4ccccc34)cc12. The number of benzene rings is 3. The number of carbonyl (C=O) groups excluding carboxylic acids is 1. The Morgan fingerprint density at radius 3 is 2.59 bits per heavy atom. The van der Waals surface area contributed by atoms with Crippen molar-refractivity contribution < 1.29 is 4.79 Å².